The van der Waals surface area contributed by atoms with E-state index in [1.807, 2.05) is 75.4 Å². The minimum atomic E-state index is -1.29. The van der Waals surface area contributed by atoms with Crippen LogP contribution in [0.3, 0.4) is 0 Å². The van der Waals surface area contributed by atoms with Crippen LogP contribution in [0.1, 0.15) is 70.1 Å². The van der Waals surface area contributed by atoms with Gasteiger partial charge in [0.15, 0.2) is 0 Å². The molecule has 2 aliphatic rings. The van der Waals surface area contributed by atoms with Crippen LogP contribution in [0, 0.1) is 0 Å². The Kier molecular flexibility index (Phi) is 9.29. The van der Waals surface area contributed by atoms with Crippen LogP contribution in [-0.2, 0) is 31.2 Å². The fraction of sp³-hybridized carbons (Fsp3) is 0.345. The number of aryl methyl sites for hydroxylation is 1. The van der Waals surface area contributed by atoms with Crippen molar-refractivity contribution in [2.24, 2.45) is 0 Å². The maximum atomic E-state index is 12.1. The van der Waals surface area contributed by atoms with Crippen LogP contribution in [0.2, 0.25) is 0 Å². The van der Waals surface area contributed by atoms with Gasteiger partial charge in [0.2, 0.25) is 0 Å². The van der Waals surface area contributed by atoms with Crippen molar-refractivity contribution in [3.63, 3.8) is 0 Å². The van der Waals surface area contributed by atoms with Crippen LogP contribution in [0.4, 0.5) is 0 Å². The zero-order chi connectivity index (χ0) is 26.3. The van der Waals surface area contributed by atoms with Crippen molar-refractivity contribution >= 4 is 29.5 Å². The lowest BCUT2D eigenvalue weighted by Crippen LogP contribution is -2.33. The molecule has 2 aromatic carbocycles. The summed E-state index contributed by atoms with van der Waals surface area (Å²) in [6.07, 6.45) is 5.53. The van der Waals surface area contributed by atoms with Crippen molar-refractivity contribution in [1.29, 1.82) is 0 Å². The molecule has 0 aliphatic carbocycles. The Morgan fingerprint density at radius 1 is 1.08 bits per heavy atom. The number of fused-ring (bicyclic) bond motifs is 1. The number of allylic oxidation sites excluding steroid dienone is 2. The molecule has 1 N–H and O–H groups in total. The molecule has 4 rings (SSSR count). The second-order valence-electron chi connectivity index (χ2n) is 8.23. The van der Waals surface area contributed by atoms with Crippen molar-refractivity contribution < 1.29 is 24.3 Å². The molecule has 2 amide bonds. The molecule has 7 heteroatoms. The van der Waals surface area contributed by atoms with Gasteiger partial charge in [-0.25, -0.2) is 4.79 Å². The Balaban J connectivity index is 0.00000176. The zero-order valence-electron chi connectivity index (χ0n) is 21.2. The Labute approximate surface area is 217 Å². The highest BCUT2D eigenvalue weighted by molar-refractivity contribution is 8.03. The first-order chi connectivity index (χ1) is 17.4. The van der Waals surface area contributed by atoms with Crippen molar-refractivity contribution in [2.45, 2.75) is 70.3 Å². The van der Waals surface area contributed by atoms with Gasteiger partial charge in [0.1, 0.15) is 5.60 Å². The van der Waals surface area contributed by atoms with Crippen molar-refractivity contribution in [3.05, 3.63) is 87.9 Å². The van der Waals surface area contributed by atoms with Gasteiger partial charge in [0, 0.05) is 33.8 Å². The summed E-state index contributed by atoms with van der Waals surface area (Å²) in [5.74, 6) is -1.61. The van der Waals surface area contributed by atoms with Crippen molar-refractivity contribution in [2.75, 3.05) is 0 Å². The van der Waals surface area contributed by atoms with Gasteiger partial charge < -0.3 is 9.94 Å². The van der Waals surface area contributed by atoms with Gasteiger partial charge in [0.05, 0.1) is 6.42 Å². The van der Waals surface area contributed by atoms with Crippen LogP contribution in [-0.4, -0.2) is 28.0 Å². The van der Waals surface area contributed by atoms with Gasteiger partial charge in [-0.2, -0.15) is 0 Å². The molecule has 0 bridgehead atoms. The molecule has 1 unspecified atom stereocenters. The molecule has 1 saturated heterocycles. The standard InChI is InChI=1S/C27H27NO5S.C2H6/c1-3-7-22-20(4-2)27(32,21-8-5-6-9-23(21)34-22)19-13-10-18(11-14-19)12-17-26(31)33-28-24(29)15-16-25(28)30;1-2/h4-11,13-14,32H,3,12,15-17H2,1-2H3;1-2H3/b20-4+,22-7+;. The first-order valence-corrected chi connectivity index (χ1v) is 13.2. The number of hydrogen-bond acceptors (Lipinski definition) is 6. The van der Waals surface area contributed by atoms with Gasteiger partial charge in [-0.15, -0.1) is 5.06 Å². The van der Waals surface area contributed by atoms with E-state index >= 15 is 0 Å². The number of thioether (sulfide) groups is 1. The second kappa shape index (κ2) is 12.2. The number of hydrogen-bond donors (Lipinski definition) is 1. The monoisotopic (exact) mass is 507 g/mol. The molecule has 0 aromatic heterocycles. The molecule has 36 heavy (non-hydrogen) atoms. The quantitative estimate of drug-likeness (QED) is 0.495. The molecular formula is C29H33NO5S. The van der Waals surface area contributed by atoms with E-state index < -0.39 is 23.4 Å². The predicted molar refractivity (Wildman–Crippen MR) is 141 cm³/mol. The van der Waals surface area contributed by atoms with E-state index in [-0.39, 0.29) is 19.3 Å². The summed E-state index contributed by atoms with van der Waals surface area (Å²) in [6, 6.07) is 15.4. The smallest absolute Gasteiger partial charge is 0.333 e. The number of carbonyl (C=O) groups is 3. The minimum absolute atomic E-state index is 0.0314. The van der Waals surface area contributed by atoms with Crippen molar-refractivity contribution in [1.82, 2.24) is 5.06 Å². The van der Waals surface area contributed by atoms with Crippen LogP contribution >= 0.6 is 11.8 Å². The third-order valence-electron chi connectivity index (χ3n) is 6.02. The SMILES string of the molecule is C/C=C1\C(=C/CC)Sc2ccccc2C1(O)c1ccc(CCC(=O)ON2C(=O)CCC2=O)cc1.CC. The fourth-order valence-electron chi connectivity index (χ4n) is 4.31. The van der Waals surface area contributed by atoms with Gasteiger partial charge in [-0.1, -0.05) is 87.1 Å². The molecule has 2 heterocycles. The van der Waals surface area contributed by atoms with Crippen molar-refractivity contribution in [3.8, 4) is 0 Å². The average Bonchev–Trinajstić information content (AvgIpc) is 3.21. The number of amides is 2. The second-order valence-corrected chi connectivity index (χ2v) is 9.31. The normalized spacial score (nSPS) is 21.3. The van der Waals surface area contributed by atoms with E-state index in [0.29, 0.717) is 11.5 Å². The largest absolute Gasteiger partial charge is 0.376 e. The lowest BCUT2D eigenvalue weighted by Gasteiger charge is -2.38. The average molecular weight is 508 g/mol. The predicted octanol–water partition coefficient (Wildman–Crippen LogP) is 5.83. The van der Waals surface area contributed by atoms with E-state index in [1.54, 1.807) is 11.8 Å². The zero-order valence-corrected chi connectivity index (χ0v) is 22.1. The Morgan fingerprint density at radius 2 is 1.72 bits per heavy atom. The number of nitrogens with zero attached hydrogens (tertiary/aromatic N) is 1. The first-order valence-electron chi connectivity index (χ1n) is 12.4. The van der Waals surface area contributed by atoms with E-state index in [1.165, 1.54) is 0 Å². The lowest BCUT2D eigenvalue weighted by atomic mass is 9.78. The van der Waals surface area contributed by atoms with Crippen LogP contribution in [0.15, 0.2) is 76.1 Å². The highest BCUT2D eigenvalue weighted by Gasteiger charge is 2.42. The summed E-state index contributed by atoms with van der Waals surface area (Å²) in [6.45, 7) is 8.02. The number of carbonyl (C=O) groups excluding carboxylic acids is 3. The highest BCUT2D eigenvalue weighted by atomic mass is 32.2. The number of rotatable bonds is 6. The molecule has 1 fully saturated rings. The van der Waals surface area contributed by atoms with E-state index in [9.17, 15) is 19.5 Å². The van der Waals surface area contributed by atoms with E-state index in [4.69, 9.17) is 4.84 Å². The highest BCUT2D eigenvalue weighted by Crippen LogP contribution is 2.53. The number of aliphatic hydroxyl groups is 1. The molecule has 0 radical (unpaired) electrons. The summed E-state index contributed by atoms with van der Waals surface area (Å²) in [4.78, 5) is 42.3. The van der Waals surface area contributed by atoms with Gasteiger partial charge in [-0.3, -0.25) is 9.59 Å². The van der Waals surface area contributed by atoms with Gasteiger partial charge >= 0.3 is 5.97 Å². The molecule has 0 saturated carbocycles. The molecule has 2 aliphatic heterocycles. The Bertz CT molecular complexity index is 1170. The van der Waals surface area contributed by atoms with Gasteiger partial charge in [0.25, 0.3) is 11.8 Å². The molecule has 6 nitrogen and oxygen atoms in total. The maximum Gasteiger partial charge on any atom is 0.333 e. The summed E-state index contributed by atoms with van der Waals surface area (Å²) < 4.78 is 0. The third kappa shape index (κ3) is 5.47. The van der Waals surface area contributed by atoms with Gasteiger partial charge in [-0.05, 0) is 37.0 Å². The minimum Gasteiger partial charge on any atom is -0.376 e. The summed E-state index contributed by atoms with van der Waals surface area (Å²) >= 11 is 1.67. The van der Waals surface area contributed by atoms with Crippen LogP contribution in [0.5, 0.6) is 0 Å². The summed E-state index contributed by atoms with van der Waals surface area (Å²) in [5, 5.41) is 12.7. The van der Waals surface area contributed by atoms with E-state index in [2.05, 4.69) is 13.0 Å². The molecular weight excluding hydrogens is 474 g/mol. The van der Waals surface area contributed by atoms with E-state index in [0.717, 1.165) is 38.5 Å². The molecule has 2 aromatic rings. The fourth-order valence-corrected chi connectivity index (χ4v) is 5.65. The number of benzene rings is 2. The van der Waals surface area contributed by atoms with Crippen LogP contribution in [0.25, 0.3) is 0 Å². The molecule has 190 valence electrons. The Morgan fingerprint density at radius 3 is 2.33 bits per heavy atom. The maximum absolute atomic E-state index is 12.1. The lowest BCUT2D eigenvalue weighted by molar-refractivity contribution is -0.197. The summed E-state index contributed by atoms with van der Waals surface area (Å²) in [5.41, 5.74) is 2.04. The number of imide groups is 1. The topological polar surface area (TPSA) is 83.9 Å². The Hall–Kier alpha value is -3.16. The third-order valence-corrected chi connectivity index (χ3v) is 7.20. The summed E-state index contributed by atoms with van der Waals surface area (Å²) in [7, 11) is 0. The number of hydroxylamine groups is 2. The first kappa shape index (κ1) is 27.4. The molecule has 1 atom stereocenters. The molecule has 0 spiro atoms. The van der Waals surface area contributed by atoms with Crippen LogP contribution < -0.4 is 0 Å².